The van der Waals surface area contributed by atoms with Crippen LogP contribution in [0.5, 0.6) is 0 Å². The van der Waals surface area contributed by atoms with Gasteiger partial charge in [-0.05, 0) is 42.7 Å². The fourth-order valence-electron chi connectivity index (χ4n) is 4.00. The first-order chi connectivity index (χ1) is 15.4. The van der Waals surface area contributed by atoms with Gasteiger partial charge in [0, 0.05) is 24.5 Å². The fourth-order valence-corrected chi connectivity index (χ4v) is 4.45. The summed E-state index contributed by atoms with van der Waals surface area (Å²) >= 11 is 3.51. The quantitative estimate of drug-likeness (QED) is 0.481. The van der Waals surface area contributed by atoms with Crippen molar-refractivity contribution in [2.75, 3.05) is 7.05 Å². The molecular formula is C27H29BrN2O2. The number of nitrogens with one attached hydrogen (secondary N) is 1. The molecule has 3 rings (SSSR count). The summed E-state index contributed by atoms with van der Waals surface area (Å²) in [7, 11) is 1.62. The number of nitrogens with zero attached hydrogens (tertiary/aromatic N) is 1. The summed E-state index contributed by atoms with van der Waals surface area (Å²) in [6, 6.07) is 23.2. The molecule has 0 fully saturated rings. The number of halogens is 1. The number of hydrogen-bond acceptors (Lipinski definition) is 2. The zero-order chi connectivity index (χ0) is 23.1. The van der Waals surface area contributed by atoms with Gasteiger partial charge in [0.25, 0.3) is 0 Å². The standard InChI is InChI=1S/C27H29BrN2O2/c1-19-12-20(2)14-23(13-19)17-26(31)30(18-22-10-7-11-24(28)15-22)25(27(32)29-3)16-21-8-5-4-6-9-21/h4-15,25H,16-18H2,1-3H3,(H,29,32). The van der Waals surface area contributed by atoms with Crippen LogP contribution in [0.2, 0.25) is 0 Å². The molecule has 0 saturated carbocycles. The zero-order valence-electron chi connectivity index (χ0n) is 18.8. The van der Waals surface area contributed by atoms with Gasteiger partial charge in [-0.15, -0.1) is 0 Å². The van der Waals surface area contributed by atoms with E-state index in [-0.39, 0.29) is 18.2 Å². The molecule has 3 aromatic carbocycles. The Hall–Kier alpha value is -2.92. The molecular weight excluding hydrogens is 464 g/mol. The number of carbonyl (C=O) groups excluding carboxylic acids is 2. The average Bonchev–Trinajstić information content (AvgIpc) is 2.75. The highest BCUT2D eigenvalue weighted by Gasteiger charge is 2.29. The Balaban J connectivity index is 1.96. The van der Waals surface area contributed by atoms with E-state index >= 15 is 0 Å². The molecule has 0 aliphatic rings. The van der Waals surface area contributed by atoms with Crippen LogP contribution in [0.15, 0.2) is 77.3 Å². The largest absolute Gasteiger partial charge is 0.357 e. The Labute approximate surface area is 198 Å². The van der Waals surface area contributed by atoms with E-state index in [0.717, 1.165) is 32.3 Å². The number of aryl methyl sites for hydroxylation is 2. The molecule has 0 aliphatic heterocycles. The van der Waals surface area contributed by atoms with Gasteiger partial charge in [-0.2, -0.15) is 0 Å². The molecule has 1 unspecified atom stereocenters. The second-order valence-corrected chi connectivity index (χ2v) is 9.06. The Kier molecular flexibility index (Phi) is 8.23. The second kappa shape index (κ2) is 11.1. The van der Waals surface area contributed by atoms with Crippen molar-refractivity contribution in [2.24, 2.45) is 0 Å². The number of benzene rings is 3. The van der Waals surface area contributed by atoms with Crippen molar-refractivity contribution in [3.63, 3.8) is 0 Å². The van der Waals surface area contributed by atoms with Crippen LogP contribution in [0.3, 0.4) is 0 Å². The highest BCUT2D eigenvalue weighted by molar-refractivity contribution is 9.10. The zero-order valence-corrected chi connectivity index (χ0v) is 20.4. The summed E-state index contributed by atoms with van der Waals surface area (Å²) in [6.45, 7) is 4.42. The summed E-state index contributed by atoms with van der Waals surface area (Å²) in [5, 5.41) is 2.76. The number of hydrogen-bond donors (Lipinski definition) is 1. The molecule has 32 heavy (non-hydrogen) atoms. The first-order valence-corrected chi connectivity index (χ1v) is 11.5. The van der Waals surface area contributed by atoms with Crippen molar-refractivity contribution in [3.05, 3.63) is 105 Å². The molecule has 2 amide bonds. The Morgan fingerprint density at radius 2 is 1.53 bits per heavy atom. The molecule has 0 radical (unpaired) electrons. The lowest BCUT2D eigenvalue weighted by atomic mass is 10.0. The third-order valence-corrected chi connectivity index (χ3v) is 5.89. The van der Waals surface area contributed by atoms with Gasteiger partial charge >= 0.3 is 0 Å². The summed E-state index contributed by atoms with van der Waals surface area (Å²) in [6.07, 6.45) is 0.700. The highest BCUT2D eigenvalue weighted by Crippen LogP contribution is 2.19. The van der Waals surface area contributed by atoms with Gasteiger partial charge in [0.05, 0.1) is 6.42 Å². The molecule has 1 atom stereocenters. The lowest BCUT2D eigenvalue weighted by molar-refractivity contribution is -0.140. The number of rotatable bonds is 8. The minimum absolute atomic E-state index is 0.0699. The van der Waals surface area contributed by atoms with Crippen molar-refractivity contribution in [2.45, 2.75) is 39.3 Å². The average molecular weight is 493 g/mol. The van der Waals surface area contributed by atoms with E-state index in [4.69, 9.17) is 0 Å². The van der Waals surface area contributed by atoms with Gasteiger partial charge < -0.3 is 10.2 Å². The predicted molar refractivity (Wildman–Crippen MR) is 132 cm³/mol. The normalized spacial score (nSPS) is 11.6. The van der Waals surface area contributed by atoms with Crippen LogP contribution in [0, 0.1) is 13.8 Å². The third kappa shape index (κ3) is 6.54. The van der Waals surface area contributed by atoms with Gasteiger partial charge in [0.2, 0.25) is 11.8 Å². The van der Waals surface area contributed by atoms with Crippen LogP contribution in [-0.4, -0.2) is 29.8 Å². The van der Waals surface area contributed by atoms with E-state index in [0.29, 0.717) is 13.0 Å². The van der Waals surface area contributed by atoms with Crippen LogP contribution >= 0.6 is 15.9 Å². The highest BCUT2D eigenvalue weighted by atomic mass is 79.9. The second-order valence-electron chi connectivity index (χ2n) is 8.14. The molecule has 0 bridgehead atoms. The van der Waals surface area contributed by atoms with Gasteiger partial charge in [-0.3, -0.25) is 9.59 Å². The van der Waals surface area contributed by atoms with Crippen LogP contribution in [0.1, 0.15) is 27.8 Å². The van der Waals surface area contributed by atoms with Crippen molar-refractivity contribution in [1.82, 2.24) is 10.2 Å². The molecule has 0 spiro atoms. The molecule has 1 N–H and O–H groups in total. The molecule has 166 valence electrons. The van der Waals surface area contributed by atoms with Crippen molar-refractivity contribution in [3.8, 4) is 0 Å². The Bertz CT molecular complexity index is 1060. The monoisotopic (exact) mass is 492 g/mol. The van der Waals surface area contributed by atoms with E-state index in [2.05, 4.69) is 27.3 Å². The van der Waals surface area contributed by atoms with E-state index in [1.807, 2.05) is 80.6 Å². The molecule has 4 nitrogen and oxygen atoms in total. The van der Waals surface area contributed by atoms with Gasteiger partial charge in [-0.25, -0.2) is 0 Å². The molecule has 3 aromatic rings. The van der Waals surface area contributed by atoms with Crippen molar-refractivity contribution >= 4 is 27.7 Å². The molecule has 0 heterocycles. The van der Waals surface area contributed by atoms with Crippen LogP contribution in [0.4, 0.5) is 0 Å². The smallest absolute Gasteiger partial charge is 0.242 e. The van der Waals surface area contributed by atoms with Crippen LogP contribution in [0.25, 0.3) is 0 Å². The van der Waals surface area contributed by atoms with E-state index in [9.17, 15) is 9.59 Å². The summed E-state index contributed by atoms with van der Waals surface area (Å²) in [5.41, 5.74) is 5.19. The maximum Gasteiger partial charge on any atom is 0.242 e. The lowest BCUT2D eigenvalue weighted by Gasteiger charge is -2.31. The molecule has 0 aromatic heterocycles. The number of carbonyl (C=O) groups is 2. The number of likely N-dealkylation sites (N-methyl/N-ethyl adjacent to an activating group) is 1. The van der Waals surface area contributed by atoms with Crippen LogP contribution < -0.4 is 5.32 Å². The predicted octanol–water partition coefficient (Wildman–Crippen LogP) is 4.99. The maximum atomic E-state index is 13.6. The van der Waals surface area contributed by atoms with Gasteiger partial charge in [0.1, 0.15) is 6.04 Å². The van der Waals surface area contributed by atoms with Crippen molar-refractivity contribution in [1.29, 1.82) is 0 Å². The first kappa shape index (κ1) is 23.7. The summed E-state index contributed by atoms with van der Waals surface area (Å²) < 4.78 is 0.941. The van der Waals surface area contributed by atoms with Gasteiger partial charge in [0.15, 0.2) is 0 Å². The third-order valence-electron chi connectivity index (χ3n) is 5.40. The van der Waals surface area contributed by atoms with E-state index < -0.39 is 6.04 Å². The lowest BCUT2D eigenvalue weighted by Crippen LogP contribution is -2.50. The minimum atomic E-state index is -0.611. The Morgan fingerprint density at radius 3 is 2.16 bits per heavy atom. The van der Waals surface area contributed by atoms with Gasteiger partial charge in [-0.1, -0.05) is 87.7 Å². The Morgan fingerprint density at radius 1 is 0.875 bits per heavy atom. The minimum Gasteiger partial charge on any atom is -0.357 e. The molecule has 0 aliphatic carbocycles. The molecule has 0 saturated heterocycles. The molecule has 5 heteroatoms. The maximum absolute atomic E-state index is 13.6. The first-order valence-electron chi connectivity index (χ1n) is 10.7. The fraction of sp³-hybridized carbons (Fsp3) is 0.259. The van der Waals surface area contributed by atoms with Crippen LogP contribution in [-0.2, 0) is 29.0 Å². The summed E-state index contributed by atoms with van der Waals surface area (Å²) in [5.74, 6) is -0.239. The van der Waals surface area contributed by atoms with E-state index in [1.54, 1.807) is 11.9 Å². The van der Waals surface area contributed by atoms with E-state index in [1.165, 1.54) is 0 Å². The summed E-state index contributed by atoms with van der Waals surface area (Å²) in [4.78, 5) is 28.3. The SMILES string of the molecule is CNC(=O)C(Cc1ccccc1)N(Cc1cccc(Br)c1)C(=O)Cc1cc(C)cc(C)c1. The van der Waals surface area contributed by atoms with Crippen molar-refractivity contribution < 1.29 is 9.59 Å². The topological polar surface area (TPSA) is 49.4 Å². The number of amides is 2.